The van der Waals surface area contributed by atoms with Crippen LogP contribution in [0.3, 0.4) is 0 Å². The van der Waals surface area contributed by atoms with Gasteiger partial charge in [0, 0.05) is 48.3 Å². The third-order valence-corrected chi connectivity index (χ3v) is 5.61. The average Bonchev–Trinajstić information content (AvgIpc) is 2.49. The molecule has 18 heavy (non-hydrogen) atoms. The molecular weight excluding hydrogens is 260 g/mol. The number of hydrogen-bond acceptors (Lipinski definition) is 4. The van der Waals surface area contributed by atoms with Gasteiger partial charge in [-0.05, 0) is 12.1 Å². The predicted molar refractivity (Wildman–Crippen MR) is 83.8 cm³/mol. The van der Waals surface area contributed by atoms with Crippen molar-refractivity contribution in [3.63, 3.8) is 0 Å². The third kappa shape index (κ3) is 2.81. The molecule has 0 aromatic heterocycles. The predicted octanol–water partition coefficient (Wildman–Crippen LogP) is 2.61. The molecule has 0 amide bonds. The fourth-order valence-corrected chi connectivity index (χ4v) is 4.71. The van der Waals surface area contributed by atoms with Gasteiger partial charge in [-0.1, -0.05) is 18.2 Å². The minimum Gasteiger partial charge on any atom is -0.354 e. The summed E-state index contributed by atoms with van der Waals surface area (Å²) < 4.78 is 0. The van der Waals surface area contributed by atoms with Crippen LogP contribution in [0.5, 0.6) is 0 Å². The van der Waals surface area contributed by atoms with Gasteiger partial charge in [0.15, 0.2) is 0 Å². The maximum absolute atomic E-state index is 2.68. The second kappa shape index (κ2) is 6.22. The van der Waals surface area contributed by atoms with Crippen LogP contribution in [-0.2, 0) is 0 Å². The number of rotatable bonds is 2. The summed E-state index contributed by atoms with van der Waals surface area (Å²) in [4.78, 5) is 5.28. The number of para-hydroxylation sites is 1. The van der Waals surface area contributed by atoms with E-state index < -0.39 is 0 Å². The average molecular weight is 280 g/mol. The van der Waals surface area contributed by atoms with Gasteiger partial charge >= 0.3 is 0 Å². The van der Waals surface area contributed by atoms with E-state index in [1.807, 2.05) is 0 Å². The van der Waals surface area contributed by atoms with Gasteiger partial charge in [0.2, 0.25) is 0 Å². The molecule has 1 unspecified atom stereocenters. The Balaban J connectivity index is 1.77. The zero-order valence-electron chi connectivity index (χ0n) is 10.6. The van der Waals surface area contributed by atoms with Crippen molar-refractivity contribution < 1.29 is 0 Å². The lowest BCUT2D eigenvalue weighted by atomic mass is 10.2. The van der Waals surface area contributed by atoms with Gasteiger partial charge in [-0.3, -0.25) is 4.90 Å². The summed E-state index contributed by atoms with van der Waals surface area (Å²) in [6, 6.07) is 10.9. The fourth-order valence-electron chi connectivity index (χ4n) is 2.69. The molecule has 98 valence electrons. The van der Waals surface area contributed by atoms with Crippen LogP contribution in [0.25, 0.3) is 0 Å². The van der Waals surface area contributed by atoms with Crippen LogP contribution in [-0.4, -0.2) is 53.7 Å². The Hall–Kier alpha value is -0.320. The smallest absolute Gasteiger partial charge is 0.0913 e. The summed E-state index contributed by atoms with van der Waals surface area (Å²) in [6.07, 6.45) is 0.604. The minimum absolute atomic E-state index is 0.604. The van der Waals surface area contributed by atoms with Crippen LogP contribution in [0.1, 0.15) is 0 Å². The van der Waals surface area contributed by atoms with Gasteiger partial charge in [0.25, 0.3) is 0 Å². The highest BCUT2D eigenvalue weighted by Crippen LogP contribution is 2.27. The van der Waals surface area contributed by atoms with Crippen LogP contribution in [0.2, 0.25) is 0 Å². The van der Waals surface area contributed by atoms with Gasteiger partial charge in [-0.25, -0.2) is 0 Å². The van der Waals surface area contributed by atoms with Gasteiger partial charge in [0.05, 0.1) is 6.17 Å². The molecule has 2 nitrogen and oxygen atoms in total. The molecule has 0 radical (unpaired) electrons. The highest BCUT2D eigenvalue weighted by molar-refractivity contribution is 7.99. The molecule has 1 aromatic carbocycles. The molecule has 2 aliphatic rings. The highest BCUT2D eigenvalue weighted by Gasteiger charge is 2.29. The molecule has 0 bridgehead atoms. The maximum atomic E-state index is 2.68. The first-order valence-corrected chi connectivity index (χ1v) is 8.97. The molecule has 2 heterocycles. The summed E-state index contributed by atoms with van der Waals surface area (Å²) in [5, 5.41) is 0. The van der Waals surface area contributed by atoms with Crippen molar-refractivity contribution in [2.24, 2.45) is 0 Å². The maximum Gasteiger partial charge on any atom is 0.0913 e. The standard InChI is InChI=1S/C14H20N2S2/c1-2-4-13(5-3-1)16-8-11-18-12-14(16)15-6-9-17-10-7-15/h1-5,14H,6-12H2. The van der Waals surface area contributed by atoms with E-state index in [2.05, 4.69) is 63.7 Å². The van der Waals surface area contributed by atoms with Crippen LogP contribution in [0, 0.1) is 0 Å². The Bertz CT molecular complexity index is 365. The second-order valence-corrected chi connectivity index (χ2v) is 7.11. The van der Waals surface area contributed by atoms with Crippen LogP contribution in [0.15, 0.2) is 30.3 Å². The summed E-state index contributed by atoms with van der Waals surface area (Å²) in [5.74, 6) is 5.10. The van der Waals surface area contributed by atoms with Crippen LogP contribution >= 0.6 is 23.5 Å². The van der Waals surface area contributed by atoms with E-state index in [1.165, 1.54) is 48.3 Å². The minimum atomic E-state index is 0.604. The van der Waals surface area contributed by atoms with Crippen molar-refractivity contribution in [2.45, 2.75) is 6.17 Å². The summed E-state index contributed by atoms with van der Waals surface area (Å²) in [7, 11) is 0. The van der Waals surface area contributed by atoms with Gasteiger partial charge < -0.3 is 4.90 Å². The molecule has 0 N–H and O–H groups in total. The van der Waals surface area contributed by atoms with Crippen molar-refractivity contribution >= 4 is 29.2 Å². The van der Waals surface area contributed by atoms with E-state index in [0.29, 0.717) is 6.17 Å². The number of hydrogen-bond donors (Lipinski definition) is 0. The lowest BCUT2D eigenvalue weighted by Gasteiger charge is -2.44. The van der Waals surface area contributed by atoms with Gasteiger partial charge in [0.1, 0.15) is 0 Å². The second-order valence-electron chi connectivity index (χ2n) is 4.73. The summed E-state index contributed by atoms with van der Waals surface area (Å²) >= 11 is 4.20. The van der Waals surface area contributed by atoms with Crippen molar-refractivity contribution in [3.05, 3.63) is 30.3 Å². The zero-order chi connectivity index (χ0) is 12.2. The molecule has 0 aliphatic carbocycles. The quantitative estimate of drug-likeness (QED) is 0.821. The largest absolute Gasteiger partial charge is 0.354 e. The molecule has 1 atom stereocenters. The molecule has 2 aliphatic heterocycles. The summed E-state index contributed by atoms with van der Waals surface area (Å²) in [6.45, 7) is 3.68. The van der Waals surface area contributed by atoms with E-state index in [4.69, 9.17) is 0 Å². The van der Waals surface area contributed by atoms with Crippen molar-refractivity contribution in [2.75, 3.05) is 47.5 Å². The van der Waals surface area contributed by atoms with Crippen molar-refractivity contribution in [1.82, 2.24) is 4.90 Å². The zero-order valence-corrected chi connectivity index (χ0v) is 12.3. The summed E-state index contributed by atoms with van der Waals surface area (Å²) in [5.41, 5.74) is 1.39. The monoisotopic (exact) mass is 280 g/mol. The Labute approximate surface area is 118 Å². The normalized spacial score (nSPS) is 26.2. The first-order valence-electron chi connectivity index (χ1n) is 6.66. The Morgan fingerprint density at radius 3 is 2.39 bits per heavy atom. The van der Waals surface area contributed by atoms with Crippen molar-refractivity contribution in [1.29, 1.82) is 0 Å². The molecular formula is C14H20N2S2. The van der Waals surface area contributed by atoms with Gasteiger partial charge in [-0.2, -0.15) is 23.5 Å². The Kier molecular flexibility index (Phi) is 4.39. The van der Waals surface area contributed by atoms with Crippen molar-refractivity contribution in [3.8, 4) is 0 Å². The van der Waals surface area contributed by atoms with Crippen LogP contribution < -0.4 is 4.90 Å². The van der Waals surface area contributed by atoms with Crippen LogP contribution in [0.4, 0.5) is 5.69 Å². The molecule has 2 saturated heterocycles. The molecule has 0 spiro atoms. The lowest BCUT2D eigenvalue weighted by molar-refractivity contribution is 0.226. The first-order chi connectivity index (χ1) is 8.95. The number of anilines is 1. The molecule has 1 aromatic rings. The third-order valence-electron chi connectivity index (χ3n) is 3.66. The number of nitrogens with zero attached hydrogens (tertiary/aromatic N) is 2. The SMILES string of the molecule is c1ccc(N2CCSCC2N2CCSCC2)cc1. The molecule has 0 saturated carbocycles. The van der Waals surface area contributed by atoms with E-state index in [-0.39, 0.29) is 0 Å². The number of benzene rings is 1. The Morgan fingerprint density at radius 1 is 0.889 bits per heavy atom. The van der Waals surface area contributed by atoms with E-state index in [1.54, 1.807) is 0 Å². The van der Waals surface area contributed by atoms with E-state index in [9.17, 15) is 0 Å². The fraction of sp³-hybridized carbons (Fsp3) is 0.571. The number of thioether (sulfide) groups is 2. The topological polar surface area (TPSA) is 6.48 Å². The first kappa shape index (κ1) is 12.7. The molecule has 4 heteroatoms. The Morgan fingerprint density at radius 2 is 1.61 bits per heavy atom. The molecule has 3 rings (SSSR count). The van der Waals surface area contributed by atoms with E-state index in [0.717, 1.165) is 0 Å². The lowest BCUT2D eigenvalue weighted by Crippen LogP contribution is -2.55. The van der Waals surface area contributed by atoms with E-state index >= 15 is 0 Å². The highest BCUT2D eigenvalue weighted by atomic mass is 32.2. The molecule has 2 fully saturated rings. The van der Waals surface area contributed by atoms with Gasteiger partial charge in [-0.15, -0.1) is 0 Å².